The molecule has 5 heteroatoms. The largest absolute Gasteiger partial charge is 0.326 e. The summed E-state index contributed by atoms with van der Waals surface area (Å²) in [5.74, 6) is 0.460. The van der Waals surface area contributed by atoms with E-state index >= 15 is 0 Å². The highest BCUT2D eigenvalue weighted by atomic mass is 32.2. The summed E-state index contributed by atoms with van der Waals surface area (Å²) in [7, 11) is -2.90. The van der Waals surface area contributed by atoms with Crippen molar-refractivity contribution in [2.75, 3.05) is 18.1 Å². The van der Waals surface area contributed by atoms with Gasteiger partial charge in [0.25, 0.3) is 0 Å². The lowest BCUT2D eigenvalue weighted by molar-refractivity contribution is 0.134. The maximum absolute atomic E-state index is 11.8. The van der Waals surface area contributed by atoms with Gasteiger partial charge in [-0.25, -0.2) is 8.42 Å². The molecule has 0 saturated carbocycles. The van der Waals surface area contributed by atoms with Crippen LogP contribution in [0.4, 0.5) is 0 Å². The third kappa shape index (κ3) is 3.84. The normalized spacial score (nSPS) is 25.4. The Kier molecular flexibility index (Phi) is 5.07. The fourth-order valence-electron chi connectivity index (χ4n) is 3.10. The lowest BCUT2D eigenvalue weighted by Gasteiger charge is -2.42. The molecule has 0 aliphatic carbocycles. The van der Waals surface area contributed by atoms with Gasteiger partial charge in [0.05, 0.1) is 17.5 Å². The highest BCUT2D eigenvalue weighted by Crippen LogP contribution is 2.29. The lowest BCUT2D eigenvalue weighted by atomic mass is 9.94. The molecular formula is C16H26N2O2S. The number of benzene rings is 1. The maximum atomic E-state index is 11.8. The third-order valence-electron chi connectivity index (χ3n) is 4.37. The van der Waals surface area contributed by atoms with E-state index in [1.54, 1.807) is 0 Å². The molecule has 1 fully saturated rings. The van der Waals surface area contributed by atoms with Crippen molar-refractivity contribution in [2.45, 2.75) is 45.3 Å². The van der Waals surface area contributed by atoms with Gasteiger partial charge in [-0.1, -0.05) is 36.8 Å². The van der Waals surface area contributed by atoms with Crippen molar-refractivity contribution in [3.05, 3.63) is 35.4 Å². The monoisotopic (exact) mass is 310 g/mol. The molecule has 0 radical (unpaired) electrons. The molecule has 3 atom stereocenters. The van der Waals surface area contributed by atoms with Crippen molar-refractivity contribution in [1.82, 2.24) is 4.90 Å². The van der Waals surface area contributed by atoms with Crippen LogP contribution in [0.15, 0.2) is 24.3 Å². The van der Waals surface area contributed by atoms with Crippen LogP contribution >= 0.6 is 0 Å². The molecule has 2 N–H and O–H groups in total. The molecule has 1 aromatic carbocycles. The van der Waals surface area contributed by atoms with Crippen molar-refractivity contribution in [2.24, 2.45) is 5.73 Å². The van der Waals surface area contributed by atoms with Gasteiger partial charge in [0, 0.05) is 18.6 Å². The van der Waals surface area contributed by atoms with Gasteiger partial charge in [-0.15, -0.1) is 0 Å². The van der Waals surface area contributed by atoms with E-state index in [0.717, 1.165) is 6.42 Å². The lowest BCUT2D eigenvalue weighted by Crippen LogP contribution is -2.52. The summed E-state index contributed by atoms with van der Waals surface area (Å²) >= 11 is 0. The summed E-state index contributed by atoms with van der Waals surface area (Å²) in [6, 6.07) is 8.52. The molecule has 1 aromatic rings. The number of hydrogen-bond donors (Lipinski definition) is 1. The van der Waals surface area contributed by atoms with Gasteiger partial charge in [0.1, 0.15) is 0 Å². The molecule has 2 rings (SSSR count). The maximum Gasteiger partial charge on any atom is 0.153 e. The molecule has 0 bridgehead atoms. The number of sulfone groups is 1. The van der Waals surface area contributed by atoms with Crippen LogP contribution in [-0.4, -0.2) is 43.5 Å². The molecule has 118 valence electrons. The summed E-state index contributed by atoms with van der Waals surface area (Å²) in [6.45, 7) is 6.70. The highest BCUT2D eigenvalue weighted by molar-refractivity contribution is 7.91. The molecule has 0 spiro atoms. The van der Waals surface area contributed by atoms with Gasteiger partial charge in [-0.05, 0) is 25.8 Å². The minimum atomic E-state index is -2.90. The average molecular weight is 310 g/mol. The first-order chi connectivity index (χ1) is 9.84. The molecule has 1 aliphatic heterocycles. The van der Waals surface area contributed by atoms with Gasteiger partial charge in [0.15, 0.2) is 9.84 Å². The molecule has 4 nitrogen and oxygen atoms in total. The summed E-state index contributed by atoms with van der Waals surface area (Å²) < 4.78 is 23.6. The SMILES string of the molecule is CCC(N)C(c1ccc(C)cc1)N1CCS(=O)(=O)CC1C. The molecule has 0 aromatic heterocycles. The van der Waals surface area contributed by atoms with Gasteiger partial charge in [-0.2, -0.15) is 0 Å². The van der Waals surface area contributed by atoms with Crippen LogP contribution in [0.1, 0.15) is 37.4 Å². The van der Waals surface area contributed by atoms with Gasteiger partial charge >= 0.3 is 0 Å². The highest BCUT2D eigenvalue weighted by Gasteiger charge is 2.35. The second kappa shape index (κ2) is 6.46. The summed E-state index contributed by atoms with van der Waals surface area (Å²) in [5, 5.41) is 0. The summed E-state index contributed by atoms with van der Waals surface area (Å²) in [6.07, 6.45) is 0.870. The summed E-state index contributed by atoms with van der Waals surface area (Å²) in [4.78, 5) is 2.26. The van der Waals surface area contributed by atoms with Crippen LogP contribution in [0.25, 0.3) is 0 Å². The van der Waals surface area contributed by atoms with Crippen molar-refractivity contribution in [1.29, 1.82) is 0 Å². The van der Waals surface area contributed by atoms with E-state index in [1.165, 1.54) is 11.1 Å². The Morgan fingerprint density at radius 1 is 1.33 bits per heavy atom. The third-order valence-corrected chi connectivity index (χ3v) is 6.17. The zero-order valence-corrected chi connectivity index (χ0v) is 13.9. The zero-order chi connectivity index (χ0) is 15.6. The second-order valence-electron chi connectivity index (χ2n) is 6.13. The van der Waals surface area contributed by atoms with Crippen molar-refractivity contribution in [3.63, 3.8) is 0 Å². The topological polar surface area (TPSA) is 63.4 Å². The van der Waals surface area contributed by atoms with E-state index in [4.69, 9.17) is 5.73 Å². The summed E-state index contributed by atoms with van der Waals surface area (Å²) in [5.41, 5.74) is 8.76. The number of aryl methyl sites for hydroxylation is 1. The quantitative estimate of drug-likeness (QED) is 0.922. The predicted octanol–water partition coefficient (Wildman–Crippen LogP) is 1.89. The van der Waals surface area contributed by atoms with Crippen molar-refractivity contribution in [3.8, 4) is 0 Å². The first kappa shape index (κ1) is 16.5. The van der Waals surface area contributed by atoms with Gasteiger partial charge in [-0.3, -0.25) is 4.90 Å². The van der Waals surface area contributed by atoms with E-state index in [1.807, 2.05) is 6.92 Å². The number of nitrogens with two attached hydrogens (primary N) is 1. The molecule has 1 aliphatic rings. The average Bonchev–Trinajstić information content (AvgIpc) is 2.42. The zero-order valence-electron chi connectivity index (χ0n) is 13.1. The predicted molar refractivity (Wildman–Crippen MR) is 87.0 cm³/mol. The smallest absolute Gasteiger partial charge is 0.153 e. The number of hydrogen-bond acceptors (Lipinski definition) is 4. The fraction of sp³-hybridized carbons (Fsp3) is 0.625. The molecule has 1 heterocycles. The number of nitrogens with zero attached hydrogens (tertiary/aromatic N) is 1. The van der Waals surface area contributed by atoms with Gasteiger partial charge in [0.2, 0.25) is 0 Å². The van der Waals surface area contributed by atoms with Crippen LogP contribution in [0.2, 0.25) is 0 Å². The minimum absolute atomic E-state index is 0.00709. The van der Waals surface area contributed by atoms with Crippen LogP contribution in [-0.2, 0) is 9.84 Å². The Bertz CT molecular complexity index is 568. The van der Waals surface area contributed by atoms with Gasteiger partial charge < -0.3 is 5.73 Å². The van der Waals surface area contributed by atoms with E-state index in [-0.39, 0.29) is 29.6 Å². The van der Waals surface area contributed by atoms with E-state index < -0.39 is 9.84 Å². The molecule has 21 heavy (non-hydrogen) atoms. The first-order valence-electron chi connectivity index (χ1n) is 7.62. The Labute approximate surface area is 128 Å². The fourth-order valence-corrected chi connectivity index (χ4v) is 4.68. The van der Waals surface area contributed by atoms with Crippen molar-refractivity contribution >= 4 is 9.84 Å². The number of rotatable bonds is 4. The molecule has 1 saturated heterocycles. The Morgan fingerprint density at radius 3 is 2.48 bits per heavy atom. The minimum Gasteiger partial charge on any atom is -0.326 e. The van der Waals surface area contributed by atoms with E-state index in [2.05, 4.69) is 43.0 Å². The van der Waals surface area contributed by atoms with Crippen LogP contribution < -0.4 is 5.73 Å². The van der Waals surface area contributed by atoms with E-state index in [9.17, 15) is 8.42 Å². The van der Waals surface area contributed by atoms with Crippen LogP contribution in [0.5, 0.6) is 0 Å². The Hall–Kier alpha value is -0.910. The Morgan fingerprint density at radius 2 is 1.95 bits per heavy atom. The standard InChI is InChI=1S/C16H26N2O2S/c1-4-15(17)16(14-7-5-12(2)6-8-14)18-9-10-21(19,20)11-13(18)3/h5-8,13,15-16H,4,9-11,17H2,1-3H3. The molecular weight excluding hydrogens is 284 g/mol. The van der Waals surface area contributed by atoms with Crippen LogP contribution in [0, 0.1) is 6.92 Å². The molecule has 3 unspecified atom stereocenters. The molecule has 0 amide bonds. The van der Waals surface area contributed by atoms with Crippen molar-refractivity contribution < 1.29 is 8.42 Å². The van der Waals surface area contributed by atoms with Crippen LogP contribution in [0.3, 0.4) is 0 Å². The van der Waals surface area contributed by atoms with E-state index in [0.29, 0.717) is 6.54 Å². The second-order valence-corrected chi connectivity index (χ2v) is 8.36. The first-order valence-corrected chi connectivity index (χ1v) is 9.44. The Balaban J connectivity index is 2.30.